The molecule has 0 aromatic rings. The van der Waals surface area contributed by atoms with Gasteiger partial charge in [-0.05, 0) is 0 Å². The van der Waals surface area contributed by atoms with Crippen molar-refractivity contribution < 1.29 is 59.9 Å². The fourth-order valence-corrected chi connectivity index (χ4v) is 2.76. The first-order chi connectivity index (χ1) is 11.7. The number of carbonyl (C=O) groups is 1. The zero-order chi connectivity index (χ0) is 18.9. The third kappa shape index (κ3) is 3.56. The zero-order valence-electron chi connectivity index (χ0n) is 12.9. The van der Waals surface area contributed by atoms with E-state index in [1.54, 1.807) is 0 Å². The van der Waals surface area contributed by atoms with E-state index in [0.29, 0.717) is 0 Å². The Balaban J connectivity index is 2.23. The van der Waals surface area contributed by atoms with Crippen molar-refractivity contribution in [3.05, 3.63) is 0 Å². The predicted octanol–water partition coefficient (Wildman–Crippen LogP) is -5.83. The van der Waals surface area contributed by atoms with Gasteiger partial charge >= 0.3 is 0 Å². The summed E-state index contributed by atoms with van der Waals surface area (Å²) in [6.07, 6.45) is -15.9. The first kappa shape index (κ1) is 20.5. The van der Waals surface area contributed by atoms with Crippen molar-refractivity contribution in [3.8, 4) is 0 Å². The summed E-state index contributed by atoms with van der Waals surface area (Å²) in [5, 5.41) is 77.3. The van der Waals surface area contributed by atoms with Crippen LogP contribution in [0, 0.1) is 0 Å². The zero-order valence-corrected chi connectivity index (χ0v) is 12.9. The van der Waals surface area contributed by atoms with Gasteiger partial charge in [-0.25, -0.2) is 0 Å². The summed E-state index contributed by atoms with van der Waals surface area (Å²) in [5.41, 5.74) is -2.30. The molecule has 2 aliphatic rings. The van der Waals surface area contributed by atoms with Crippen molar-refractivity contribution in [3.63, 3.8) is 0 Å². The van der Waals surface area contributed by atoms with Crippen LogP contribution in [-0.4, -0.2) is 121 Å². The molecule has 25 heavy (non-hydrogen) atoms. The van der Waals surface area contributed by atoms with E-state index in [9.17, 15) is 45.6 Å². The van der Waals surface area contributed by atoms with Crippen LogP contribution < -0.4 is 0 Å². The molecule has 2 rings (SSSR count). The van der Waals surface area contributed by atoms with E-state index in [-0.39, 0.29) is 6.29 Å². The highest BCUT2D eigenvalue weighted by atomic mass is 16.7. The molecule has 0 amide bonds. The van der Waals surface area contributed by atoms with Crippen LogP contribution in [0.2, 0.25) is 0 Å². The van der Waals surface area contributed by atoms with Gasteiger partial charge in [0.1, 0.15) is 42.7 Å². The van der Waals surface area contributed by atoms with E-state index in [0.717, 1.165) is 0 Å². The van der Waals surface area contributed by atoms with Gasteiger partial charge < -0.3 is 55.1 Å². The second kappa shape index (κ2) is 7.85. The summed E-state index contributed by atoms with van der Waals surface area (Å²) in [5.74, 6) is 0. The lowest BCUT2D eigenvalue weighted by atomic mass is 9.88. The van der Waals surface area contributed by atoms with E-state index in [1.807, 2.05) is 0 Å². The highest BCUT2D eigenvalue weighted by Gasteiger charge is 2.56. The minimum absolute atomic E-state index is 0.0268. The topological polar surface area (TPSA) is 207 Å². The van der Waals surface area contributed by atoms with Crippen LogP contribution >= 0.6 is 0 Å². The SMILES string of the molecule is O=C[C@]1(CO)O[C@@H](O[C@H]2[C@H](O)[C@@H](O)[C@@H](O)O[C@@H]2CO)[C@H](O)[C@@H](O)[C@H]1O. The second-order valence-corrected chi connectivity index (χ2v) is 5.97. The van der Waals surface area contributed by atoms with Gasteiger partial charge in [-0.1, -0.05) is 0 Å². The molecular formula is C13H22O12. The first-order valence-corrected chi connectivity index (χ1v) is 7.47. The highest BCUT2D eigenvalue weighted by Crippen LogP contribution is 2.32. The molecule has 2 fully saturated rings. The van der Waals surface area contributed by atoms with Crippen molar-refractivity contribution in [2.75, 3.05) is 13.2 Å². The van der Waals surface area contributed by atoms with E-state index < -0.39 is 74.1 Å². The molecule has 2 aliphatic heterocycles. The Hall–Kier alpha value is -0.770. The summed E-state index contributed by atoms with van der Waals surface area (Å²) in [6.45, 7) is -1.80. The Bertz CT molecular complexity index is 460. The minimum Gasteiger partial charge on any atom is -0.394 e. The molecule has 0 radical (unpaired) electrons. The van der Waals surface area contributed by atoms with Crippen LogP contribution in [0.1, 0.15) is 0 Å². The molecule has 0 aromatic carbocycles. The summed E-state index contributed by atoms with van der Waals surface area (Å²) >= 11 is 0. The number of rotatable bonds is 5. The molecule has 2 heterocycles. The monoisotopic (exact) mass is 370 g/mol. The lowest BCUT2D eigenvalue weighted by Crippen LogP contribution is -2.69. The molecule has 0 aliphatic carbocycles. The minimum atomic E-state index is -2.30. The smallest absolute Gasteiger partial charge is 0.188 e. The molecule has 0 spiro atoms. The molecule has 12 heteroatoms. The third-order valence-corrected chi connectivity index (χ3v) is 4.37. The van der Waals surface area contributed by atoms with Crippen LogP contribution in [0.15, 0.2) is 0 Å². The fraction of sp³-hybridized carbons (Fsp3) is 0.923. The lowest BCUT2D eigenvalue weighted by Gasteiger charge is -2.47. The van der Waals surface area contributed by atoms with Gasteiger partial charge in [0.05, 0.1) is 13.2 Å². The maximum atomic E-state index is 11.2. The molecule has 0 aromatic heterocycles. The van der Waals surface area contributed by atoms with Crippen molar-refractivity contribution in [1.82, 2.24) is 0 Å². The van der Waals surface area contributed by atoms with Crippen LogP contribution in [-0.2, 0) is 19.0 Å². The molecule has 146 valence electrons. The predicted molar refractivity (Wildman–Crippen MR) is 73.6 cm³/mol. The van der Waals surface area contributed by atoms with Gasteiger partial charge in [-0.3, -0.25) is 4.79 Å². The van der Waals surface area contributed by atoms with Crippen molar-refractivity contribution >= 4 is 6.29 Å². The van der Waals surface area contributed by atoms with E-state index in [4.69, 9.17) is 14.2 Å². The maximum Gasteiger partial charge on any atom is 0.188 e. The summed E-state index contributed by atoms with van der Waals surface area (Å²) in [4.78, 5) is 11.2. The number of hydrogen-bond donors (Lipinski definition) is 8. The molecule has 12 nitrogen and oxygen atoms in total. The fourth-order valence-electron chi connectivity index (χ4n) is 2.76. The van der Waals surface area contributed by atoms with Crippen LogP contribution in [0.25, 0.3) is 0 Å². The van der Waals surface area contributed by atoms with Crippen molar-refractivity contribution in [2.45, 2.75) is 60.9 Å². The molecule has 0 saturated carbocycles. The molecule has 0 bridgehead atoms. The van der Waals surface area contributed by atoms with Crippen molar-refractivity contribution in [2.24, 2.45) is 0 Å². The largest absolute Gasteiger partial charge is 0.394 e. The Morgan fingerprint density at radius 1 is 0.960 bits per heavy atom. The number of ether oxygens (including phenoxy) is 3. The van der Waals surface area contributed by atoms with Crippen LogP contribution in [0.3, 0.4) is 0 Å². The van der Waals surface area contributed by atoms with Gasteiger partial charge in [0.15, 0.2) is 24.5 Å². The van der Waals surface area contributed by atoms with Crippen molar-refractivity contribution in [1.29, 1.82) is 0 Å². The Kier molecular flexibility index (Phi) is 6.45. The van der Waals surface area contributed by atoms with Crippen LogP contribution in [0.5, 0.6) is 0 Å². The first-order valence-electron chi connectivity index (χ1n) is 7.47. The van der Waals surface area contributed by atoms with E-state index in [2.05, 4.69) is 0 Å². The van der Waals surface area contributed by atoms with Crippen LogP contribution in [0.4, 0.5) is 0 Å². The Morgan fingerprint density at radius 3 is 2.12 bits per heavy atom. The number of hydrogen-bond acceptors (Lipinski definition) is 12. The Morgan fingerprint density at radius 2 is 1.60 bits per heavy atom. The molecule has 10 atom stereocenters. The Labute approximate surface area is 141 Å². The normalized spacial score (nSPS) is 51.3. The molecule has 8 N–H and O–H groups in total. The molecule has 0 unspecified atom stereocenters. The van der Waals surface area contributed by atoms with Gasteiger partial charge in [0.25, 0.3) is 0 Å². The van der Waals surface area contributed by atoms with Gasteiger partial charge in [-0.15, -0.1) is 0 Å². The number of aliphatic hydroxyl groups is 8. The molecule has 2 saturated heterocycles. The number of aldehydes is 1. The number of carbonyl (C=O) groups excluding carboxylic acids is 1. The quantitative estimate of drug-likeness (QED) is 0.213. The summed E-state index contributed by atoms with van der Waals surface area (Å²) < 4.78 is 15.2. The average molecular weight is 370 g/mol. The van der Waals surface area contributed by atoms with Gasteiger partial charge in [0, 0.05) is 0 Å². The standard InChI is InChI=1S/C13H22O12/c14-1-4-9(5(17)7(19)11(22)23-4)24-12-8(20)6(18)10(21)13(2-15,3-16)25-12/h2,4-12,14,16-22H,1,3H2/t4-,5-,6-,7-,8-,9-,10-,11+,12-,13-/m1/s1. The van der Waals surface area contributed by atoms with Gasteiger partial charge in [-0.2, -0.15) is 0 Å². The summed E-state index contributed by atoms with van der Waals surface area (Å²) in [7, 11) is 0. The van der Waals surface area contributed by atoms with E-state index in [1.165, 1.54) is 0 Å². The third-order valence-electron chi connectivity index (χ3n) is 4.37. The molecular weight excluding hydrogens is 348 g/mol. The summed E-state index contributed by atoms with van der Waals surface area (Å²) in [6, 6.07) is 0. The second-order valence-electron chi connectivity index (χ2n) is 5.97. The average Bonchev–Trinajstić information content (AvgIpc) is 2.62. The maximum absolute atomic E-state index is 11.2. The van der Waals surface area contributed by atoms with Gasteiger partial charge in [0.2, 0.25) is 0 Å². The lowest BCUT2D eigenvalue weighted by molar-refractivity contribution is -0.366. The number of aliphatic hydroxyl groups excluding tert-OH is 8. The highest BCUT2D eigenvalue weighted by molar-refractivity contribution is 5.64. The van der Waals surface area contributed by atoms with E-state index >= 15 is 0 Å².